The second-order valence-corrected chi connectivity index (χ2v) is 3.52. The molecule has 1 aromatic carbocycles. The molecule has 84 valence electrons. The van der Waals surface area contributed by atoms with Crippen LogP contribution in [0.15, 0.2) is 22.7 Å². The van der Waals surface area contributed by atoms with Crippen LogP contribution in [0.2, 0.25) is 0 Å². The molecular weight excluding hydrogens is 285 g/mol. The summed E-state index contributed by atoms with van der Waals surface area (Å²) in [7, 11) is 0. The molecule has 0 aliphatic heterocycles. The number of carboxylic acid groups (broad SMARTS) is 1. The average molecular weight is 290 g/mol. The average Bonchev–Trinajstić information content (AvgIpc) is 2.19. The molecule has 0 aliphatic carbocycles. The molecule has 0 atom stereocenters. The van der Waals surface area contributed by atoms with Crippen LogP contribution in [0.4, 0.5) is 10.1 Å². The molecule has 0 radical (unpaired) electrons. The normalized spacial score (nSPS) is 10.6. The zero-order valence-corrected chi connectivity index (χ0v) is 9.27. The highest BCUT2D eigenvalue weighted by atomic mass is 79.9. The number of hydrogen-bond donors (Lipinski definition) is 1. The van der Waals surface area contributed by atoms with E-state index < -0.39 is 16.7 Å². The molecule has 5 nitrogen and oxygen atoms in total. The molecule has 0 aliphatic rings. The lowest BCUT2D eigenvalue weighted by molar-refractivity contribution is -0.385. The first-order valence-electron chi connectivity index (χ1n) is 3.97. The van der Waals surface area contributed by atoms with Crippen molar-refractivity contribution in [3.05, 3.63) is 44.2 Å². The summed E-state index contributed by atoms with van der Waals surface area (Å²) in [6, 6.07) is 1.90. The summed E-state index contributed by atoms with van der Waals surface area (Å²) >= 11 is 2.83. The minimum absolute atomic E-state index is 0.118. The number of rotatable bonds is 3. The van der Waals surface area contributed by atoms with Crippen molar-refractivity contribution in [1.29, 1.82) is 0 Å². The highest BCUT2D eigenvalue weighted by molar-refractivity contribution is 9.10. The number of carboxylic acids is 1. The number of halogens is 2. The third-order valence-corrected chi connectivity index (χ3v) is 2.50. The van der Waals surface area contributed by atoms with E-state index >= 15 is 0 Å². The van der Waals surface area contributed by atoms with Crippen LogP contribution in [0.1, 0.15) is 5.56 Å². The molecule has 1 rings (SSSR count). The summed E-state index contributed by atoms with van der Waals surface area (Å²) < 4.78 is 13.0. The number of nitrogens with zero attached hydrogens (tertiary/aromatic N) is 1. The number of carbonyl (C=O) groups is 1. The molecule has 0 bridgehead atoms. The van der Waals surface area contributed by atoms with E-state index in [2.05, 4.69) is 15.9 Å². The van der Waals surface area contributed by atoms with E-state index in [-0.39, 0.29) is 15.7 Å². The first-order chi connectivity index (χ1) is 7.43. The van der Waals surface area contributed by atoms with E-state index in [1.165, 1.54) is 0 Å². The zero-order valence-electron chi connectivity index (χ0n) is 7.68. The van der Waals surface area contributed by atoms with Gasteiger partial charge in [0.1, 0.15) is 5.82 Å². The Morgan fingerprint density at radius 2 is 2.19 bits per heavy atom. The minimum Gasteiger partial charge on any atom is -0.478 e. The smallest absolute Gasteiger partial charge is 0.328 e. The van der Waals surface area contributed by atoms with Gasteiger partial charge in [-0.1, -0.05) is 0 Å². The van der Waals surface area contributed by atoms with Crippen molar-refractivity contribution in [2.24, 2.45) is 0 Å². The summed E-state index contributed by atoms with van der Waals surface area (Å²) in [4.78, 5) is 20.2. The fourth-order valence-electron chi connectivity index (χ4n) is 1.03. The van der Waals surface area contributed by atoms with E-state index in [0.717, 1.165) is 18.2 Å². The maximum atomic E-state index is 13.1. The van der Waals surface area contributed by atoms with Crippen LogP contribution < -0.4 is 0 Å². The fourth-order valence-corrected chi connectivity index (χ4v) is 1.50. The van der Waals surface area contributed by atoms with Crippen LogP contribution in [-0.2, 0) is 4.79 Å². The molecule has 0 saturated heterocycles. The maximum absolute atomic E-state index is 13.1. The first kappa shape index (κ1) is 12.3. The molecule has 7 heteroatoms. The molecule has 0 unspecified atom stereocenters. The molecule has 0 spiro atoms. The van der Waals surface area contributed by atoms with Gasteiger partial charge in [-0.05, 0) is 28.1 Å². The molecule has 0 saturated carbocycles. The molecule has 0 aromatic heterocycles. The van der Waals surface area contributed by atoms with Crippen molar-refractivity contribution >= 4 is 33.7 Å². The molecule has 1 aromatic rings. The Balaban J connectivity index is 3.37. The zero-order chi connectivity index (χ0) is 12.3. The molecule has 1 N–H and O–H groups in total. The van der Waals surface area contributed by atoms with E-state index in [1.54, 1.807) is 0 Å². The lowest BCUT2D eigenvalue weighted by Gasteiger charge is -2.01. The van der Waals surface area contributed by atoms with Crippen molar-refractivity contribution in [3.63, 3.8) is 0 Å². The number of hydrogen-bond acceptors (Lipinski definition) is 3. The van der Waals surface area contributed by atoms with Crippen LogP contribution in [-0.4, -0.2) is 16.0 Å². The Morgan fingerprint density at radius 3 is 2.69 bits per heavy atom. The highest BCUT2D eigenvalue weighted by Crippen LogP contribution is 2.30. The first-order valence-corrected chi connectivity index (χ1v) is 4.76. The van der Waals surface area contributed by atoms with Gasteiger partial charge in [0.15, 0.2) is 0 Å². The minimum atomic E-state index is -1.27. The van der Waals surface area contributed by atoms with Crippen LogP contribution in [0.3, 0.4) is 0 Å². The van der Waals surface area contributed by atoms with Crippen molar-refractivity contribution in [2.45, 2.75) is 0 Å². The standard InChI is InChI=1S/C9H5BrFNO4/c10-9-5(1-4-8(13)14)7(12(15)16)3-2-6(9)11/h1-4H,(H,13,14)/b4-1+. The topological polar surface area (TPSA) is 80.4 Å². The second-order valence-electron chi connectivity index (χ2n) is 2.72. The van der Waals surface area contributed by atoms with Gasteiger partial charge in [0.2, 0.25) is 0 Å². The van der Waals surface area contributed by atoms with Crippen LogP contribution in [0.25, 0.3) is 6.08 Å². The number of aliphatic carboxylic acids is 1. The monoisotopic (exact) mass is 289 g/mol. The number of benzene rings is 1. The largest absolute Gasteiger partial charge is 0.478 e. The predicted molar refractivity (Wildman–Crippen MR) is 57.4 cm³/mol. The van der Waals surface area contributed by atoms with E-state index in [4.69, 9.17) is 5.11 Å². The van der Waals surface area contributed by atoms with Gasteiger partial charge in [-0.15, -0.1) is 0 Å². The lowest BCUT2D eigenvalue weighted by Crippen LogP contribution is -1.95. The van der Waals surface area contributed by atoms with Crippen molar-refractivity contribution in [1.82, 2.24) is 0 Å². The summed E-state index contributed by atoms with van der Waals surface area (Å²) in [6.45, 7) is 0. The van der Waals surface area contributed by atoms with Gasteiger partial charge in [0.25, 0.3) is 5.69 Å². The van der Waals surface area contributed by atoms with E-state index in [1.807, 2.05) is 0 Å². The Labute approximate surface area is 97.5 Å². The molecule has 0 heterocycles. The van der Waals surface area contributed by atoms with Gasteiger partial charge in [-0.25, -0.2) is 9.18 Å². The Morgan fingerprint density at radius 1 is 1.56 bits per heavy atom. The maximum Gasteiger partial charge on any atom is 0.328 e. The van der Waals surface area contributed by atoms with Crippen LogP contribution in [0, 0.1) is 15.9 Å². The van der Waals surface area contributed by atoms with Gasteiger partial charge >= 0.3 is 5.97 Å². The van der Waals surface area contributed by atoms with Crippen LogP contribution in [0.5, 0.6) is 0 Å². The quantitative estimate of drug-likeness (QED) is 0.527. The van der Waals surface area contributed by atoms with Gasteiger partial charge in [-0.3, -0.25) is 10.1 Å². The van der Waals surface area contributed by atoms with Crippen molar-refractivity contribution in [2.75, 3.05) is 0 Å². The third-order valence-electron chi connectivity index (χ3n) is 1.70. The predicted octanol–water partition coefficient (Wildman–Crippen LogP) is 2.59. The Hall–Kier alpha value is -1.76. The van der Waals surface area contributed by atoms with Gasteiger partial charge in [0.05, 0.1) is 15.0 Å². The Kier molecular flexibility index (Phi) is 3.73. The molecule has 0 fully saturated rings. The van der Waals surface area contributed by atoms with Gasteiger partial charge in [0, 0.05) is 12.1 Å². The SMILES string of the molecule is O=C(O)/C=C/c1c([N+](=O)[O-])ccc(F)c1Br. The fraction of sp³-hybridized carbons (Fsp3) is 0. The van der Waals surface area contributed by atoms with E-state index in [0.29, 0.717) is 6.08 Å². The van der Waals surface area contributed by atoms with Crippen LogP contribution >= 0.6 is 15.9 Å². The van der Waals surface area contributed by atoms with Crippen molar-refractivity contribution in [3.8, 4) is 0 Å². The lowest BCUT2D eigenvalue weighted by atomic mass is 10.1. The third kappa shape index (κ3) is 2.63. The van der Waals surface area contributed by atoms with E-state index in [9.17, 15) is 19.3 Å². The summed E-state index contributed by atoms with van der Waals surface area (Å²) in [6.07, 6.45) is 1.67. The molecular formula is C9H5BrFNO4. The summed E-state index contributed by atoms with van der Waals surface area (Å²) in [5, 5.41) is 19.0. The molecule has 16 heavy (non-hydrogen) atoms. The summed E-state index contributed by atoms with van der Waals surface area (Å²) in [5.74, 6) is -1.97. The van der Waals surface area contributed by atoms with Crippen molar-refractivity contribution < 1.29 is 19.2 Å². The summed E-state index contributed by atoms with van der Waals surface area (Å²) in [5.41, 5.74) is -0.488. The molecule has 0 amide bonds. The number of nitro groups is 1. The highest BCUT2D eigenvalue weighted by Gasteiger charge is 2.17. The number of nitro benzene ring substituents is 1. The second kappa shape index (κ2) is 4.84. The van der Waals surface area contributed by atoms with Gasteiger partial charge in [-0.2, -0.15) is 0 Å². The Bertz CT molecular complexity index is 487. The van der Waals surface area contributed by atoms with Gasteiger partial charge < -0.3 is 5.11 Å².